The van der Waals surface area contributed by atoms with Crippen molar-refractivity contribution in [1.82, 2.24) is 0 Å². The number of halogens is 1. The van der Waals surface area contributed by atoms with Gasteiger partial charge >= 0.3 is 0 Å². The van der Waals surface area contributed by atoms with Crippen molar-refractivity contribution in [2.45, 2.75) is 61.9 Å². The van der Waals surface area contributed by atoms with Crippen molar-refractivity contribution < 1.29 is 19.3 Å². The summed E-state index contributed by atoms with van der Waals surface area (Å²) in [6, 6.07) is -0.287. The molecule has 18 heavy (non-hydrogen) atoms. The summed E-state index contributed by atoms with van der Waals surface area (Å²) in [5.74, 6) is 2.14. The van der Waals surface area contributed by atoms with Crippen LogP contribution in [-0.4, -0.2) is 48.2 Å². The van der Waals surface area contributed by atoms with Gasteiger partial charge in [0.1, 0.15) is 20.1 Å². The van der Waals surface area contributed by atoms with Gasteiger partial charge in [-0.15, -0.1) is 0 Å². The summed E-state index contributed by atoms with van der Waals surface area (Å²) < 4.78 is 17.7. The van der Waals surface area contributed by atoms with Gasteiger partial charge in [-0.05, 0) is 44.2 Å². The highest BCUT2D eigenvalue weighted by Gasteiger charge is 2.70. The summed E-state index contributed by atoms with van der Waals surface area (Å²) >= 11 is 5.56. The molecule has 6 heteroatoms. The van der Waals surface area contributed by atoms with Gasteiger partial charge in [0.2, 0.25) is 0 Å². The van der Waals surface area contributed by atoms with Crippen LogP contribution in [0.15, 0.2) is 0 Å². The quantitative estimate of drug-likeness (QED) is 0.536. The van der Waals surface area contributed by atoms with Crippen LogP contribution in [0.25, 0.3) is 0 Å². The van der Waals surface area contributed by atoms with Crippen molar-refractivity contribution in [1.29, 1.82) is 0 Å². The third kappa shape index (κ3) is 1.64. The Labute approximate surface area is 112 Å². The maximum atomic E-state index is 10.3. The van der Waals surface area contributed by atoms with E-state index in [-0.39, 0.29) is 6.00 Å². The molecule has 1 aliphatic carbocycles. The predicted molar refractivity (Wildman–Crippen MR) is 67.8 cm³/mol. The largest absolute Gasteiger partial charge is 0.387 e. The molecule has 0 radical (unpaired) electrons. The zero-order chi connectivity index (χ0) is 13.2. The molecule has 0 aromatic heterocycles. The van der Waals surface area contributed by atoms with Crippen LogP contribution in [-0.2, 0) is 14.2 Å². The van der Waals surface area contributed by atoms with Crippen molar-refractivity contribution in [2.24, 2.45) is 0 Å². The van der Waals surface area contributed by atoms with Crippen LogP contribution in [0, 0.1) is 11.3 Å². The Balaban J connectivity index is 2.00. The molecule has 0 aromatic carbocycles. The smallest absolute Gasteiger partial charge is 0.179 e. The first kappa shape index (κ1) is 12.8. The Morgan fingerprint density at radius 1 is 1.33 bits per heavy atom. The van der Waals surface area contributed by atoms with E-state index in [1.54, 1.807) is 0 Å². The minimum absolute atomic E-state index is 0.287. The van der Waals surface area contributed by atoms with Crippen LogP contribution in [0.4, 0.5) is 0 Å². The van der Waals surface area contributed by atoms with Gasteiger partial charge < -0.3 is 19.3 Å². The molecule has 2 saturated heterocycles. The lowest BCUT2D eigenvalue weighted by atomic mass is 9.80. The summed E-state index contributed by atoms with van der Waals surface area (Å²) in [7, 11) is 1.88. The zero-order valence-electron chi connectivity index (χ0n) is 10.7. The van der Waals surface area contributed by atoms with E-state index in [9.17, 15) is 5.11 Å². The number of hydrogen-bond acceptors (Lipinski definition) is 4. The van der Waals surface area contributed by atoms with E-state index in [2.05, 4.69) is 11.3 Å². The summed E-state index contributed by atoms with van der Waals surface area (Å²) in [6.07, 6.45) is 0.664. The third-order valence-corrected chi connectivity index (χ3v) is 4.11. The normalized spacial score (nSPS) is 47.2. The Hall–Kier alpha value is -0.245. The number of ether oxygens (including phenoxy) is 3. The van der Waals surface area contributed by atoms with Crippen LogP contribution < -0.4 is 0 Å². The number of rotatable bonds is 1. The first-order valence-electron chi connectivity index (χ1n) is 6.22. The molecule has 0 amide bonds. The molecule has 2 heterocycles. The highest BCUT2D eigenvalue weighted by Crippen LogP contribution is 2.53. The average molecular weight is 271 g/mol. The topological polar surface area (TPSA) is 47.9 Å². The van der Waals surface area contributed by atoms with Gasteiger partial charge in [-0.3, -0.25) is 0 Å². The van der Waals surface area contributed by atoms with Crippen molar-refractivity contribution >= 4 is 19.4 Å². The zero-order valence-corrected chi connectivity index (χ0v) is 11.5. The molecule has 0 aromatic rings. The average Bonchev–Trinajstić information content (AvgIpc) is 2.87. The molecule has 2 aliphatic heterocycles. The Kier molecular flexibility index (Phi) is 2.59. The fourth-order valence-corrected chi connectivity index (χ4v) is 3.12. The molecule has 3 fully saturated rings. The van der Waals surface area contributed by atoms with Gasteiger partial charge in [-0.25, -0.2) is 0 Å². The fourth-order valence-electron chi connectivity index (χ4n) is 2.97. The molecular formula is C12H16BClO4. The standard InChI is InChI=1S/C12H16BClO4/c1-10(2)17-8-7(11(15)3-4-11)16-9(13)12(8,18-10)5-6-14/h7-9,15H,3-4,13H2,1-2H3/t7-,8?,9+,12+/m0/s1. The monoisotopic (exact) mass is 270 g/mol. The van der Waals surface area contributed by atoms with Crippen LogP contribution >= 0.6 is 11.6 Å². The minimum Gasteiger partial charge on any atom is -0.387 e. The molecule has 98 valence electrons. The second-order valence-corrected chi connectivity index (χ2v) is 6.04. The molecule has 1 saturated carbocycles. The molecule has 3 rings (SSSR count). The summed E-state index contributed by atoms with van der Waals surface area (Å²) in [5.41, 5.74) is -1.67. The van der Waals surface area contributed by atoms with Gasteiger partial charge in [0.05, 0.1) is 11.6 Å². The molecule has 3 aliphatic rings. The second-order valence-electron chi connectivity index (χ2n) is 5.86. The molecule has 0 spiro atoms. The van der Waals surface area contributed by atoms with Gasteiger partial charge in [0, 0.05) is 5.38 Å². The highest BCUT2D eigenvalue weighted by atomic mass is 35.5. The Morgan fingerprint density at radius 2 is 2.00 bits per heavy atom. The van der Waals surface area contributed by atoms with E-state index in [1.807, 2.05) is 21.7 Å². The Bertz CT molecular complexity index is 439. The number of fused-ring (bicyclic) bond motifs is 1. The van der Waals surface area contributed by atoms with E-state index < -0.39 is 29.2 Å². The maximum Gasteiger partial charge on any atom is 0.179 e. The predicted octanol–water partition coefficient (Wildman–Crippen LogP) is -0.0407. The van der Waals surface area contributed by atoms with Gasteiger partial charge in [0.15, 0.2) is 11.4 Å². The van der Waals surface area contributed by atoms with E-state index in [1.165, 1.54) is 0 Å². The fraction of sp³-hybridized carbons (Fsp3) is 0.833. The van der Waals surface area contributed by atoms with Crippen molar-refractivity contribution in [3.8, 4) is 11.3 Å². The van der Waals surface area contributed by atoms with E-state index >= 15 is 0 Å². The number of hydrogen-bond donors (Lipinski definition) is 1. The van der Waals surface area contributed by atoms with Gasteiger partial charge in [-0.1, -0.05) is 0 Å². The van der Waals surface area contributed by atoms with Crippen molar-refractivity contribution in [3.05, 3.63) is 0 Å². The molecule has 4 nitrogen and oxygen atoms in total. The molecule has 0 bridgehead atoms. The first-order chi connectivity index (χ1) is 8.33. The third-order valence-electron chi connectivity index (χ3n) is 4.01. The van der Waals surface area contributed by atoms with E-state index in [0.29, 0.717) is 0 Å². The number of aliphatic hydroxyl groups is 1. The van der Waals surface area contributed by atoms with Gasteiger partial charge in [-0.2, -0.15) is 0 Å². The SMILES string of the molecule is B[C@@H]1O[C@H](C2(O)CC2)C2OC(C)(C)O[C@]21C#CCl. The molecule has 1 unspecified atom stereocenters. The lowest BCUT2D eigenvalue weighted by Crippen LogP contribution is -2.47. The lowest BCUT2D eigenvalue weighted by Gasteiger charge is -2.26. The van der Waals surface area contributed by atoms with Crippen LogP contribution in [0.1, 0.15) is 26.7 Å². The Morgan fingerprint density at radius 3 is 2.56 bits per heavy atom. The minimum atomic E-state index is -0.881. The molecule has 4 atom stereocenters. The highest BCUT2D eigenvalue weighted by molar-refractivity contribution is 6.30. The van der Waals surface area contributed by atoms with Crippen molar-refractivity contribution in [2.75, 3.05) is 0 Å². The van der Waals surface area contributed by atoms with Crippen molar-refractivity contribution in [3.63, 3.8) is 0 Å². The second kappa shape index (κ2) is 3.65. The lowest BCUT2D eigenvalue weighted by molar-refractivity contribution is -0.197. The molecular weight excluding hydrogens is 254 g/mol. The van der Waals surface area contributed by atoms with E-state index in [0.717, 1.165) is 12.8 Å². The summed E-state index contributed by atoms with van der Waals surface area (Å²) in [4.78, 5) is 0. The van der Waals surface area contributed by atoms with Crippen LogP contribution in [0.2, 0.25) is 0 Å². The van der Waals surface area contributed by atoms with Gasteiger partial charge in [0.25, 0.3) is 0 Å². The first-order valence-corrected chi connectivity index (χ1v) is 6.59. The van der Waals surface area contributed by atoms with Crippen LogP contribution in [0.5, 0.6) is 0 Å². The van der Waals surface area contributed by atoms with E-state index in [4.69, 9.17) is 25.8 Å². The summed E-state index contributed by atoms with van der Waals surface area (Å²) in [5, 5.41) is 12.7. The van der Waals surface area contributed by atoms with Crippen LogP contribution in [0.3, 0.4) is 0 Å². The maximum absolute atomic E-state index is 10.3. The summed E-state index contributed by atoms with van der Waals surface area (Å²) in [6.45, 7) is 3.67. The molecule has 1 N–H and O–H groups in total.